The summed E-state index contributed by atoms with van der Waals surface area (Å²) in [5.74, 6) is 0. The number of H-pyrrole nitrogens is 1. The molecule has 0 spiro atoms. The lowest BCUT2D eigenvalue weighted by Gasteiger charge is -1.99. The Morgan fingerprint density at radius 1 is 1.28 bits per heavy atom. The van der Waals surface area contributed by atoms with Crippen molar-refractivity contribution in [2.24, 2.45) is 0 Å². The first-order valence-electron chi connectivity index (χ1n) is 5.57. The first kappa shape index (κ1) is 12.6. The first-order chi connectivity index (χ1) is 8.69. The summed E-state index contributed by atoms with van der Waals surface area (Å²) < 4.78 is 0. The van der Waals surface area contributed by atoms with E-state index in [1.54, 1.807) is 17.8 Å². The summed E-state index contributed by atoms with van der Waals surface area (Å²) in [6.07, 6.45) is 5.95. The van der Waals surface area contributed by atoms with E-state index in [9.17, 15) is 4.79 Å². The molecular formula is C14H14N2OS. The molecule has 1 aromatic heterocycles. The van der Waals surface area contributed by atoms with Crippen LogP contribution in [-0.2, 0) is 0 Å². The number of aromatic amines is 1. The van der Waals surface area contributed by atoms with Gasteiger partial charge in [-0.3, -0.25) is 4.79 Å². The fraction of sp³-hybridized carbons (Fsp3) is 0.143. The van der Waals surface area contributed by atoms with E-state index < -0.39 is 0 Å². The van der Waals surface area contributed by atoms with Gasteiger partial charge in [-0.15, -0.1) is 11.8 Å². The number of nitrogens with one attached hydrogen (secondary N) is 1. The van der Waals surface area contributed by atoms with Gasteiger partial charge in [0.05, 0.1) is 5.69 Å². The highest BCUT2D eigenvalue weighted by Crippen LogP contribution is 2.17. The second-order valence-corrected chi connectivity index (χ2v) is 4.79. The van der Waals surface area contributed by atoms with Gasteiger partial charge in [-0.05, 0) is 42.5 Å². The molecule has 2 aromatic rings. The average Bonchev–Trinajstić information content (AvgIpc) is 2.38. The molecule has 92 valence electrons. The predicted octanol–water partition coefficient (Wildman–Crippen LogP) is 2.97. The Kier molecular flexibility index (Phi) is 3.99. The van der Waals surface area contributed by atoms with Gasteiger partial charge >= 0.3 is 0 Å². The van der Waals surface area contributed by atoms with E-state index in [1.165, 1.54) is 4.90 Å². The molecule has 2 rings (SSSR count). The van der Waals surface area contributed by atoms with E-state index in [2.05, 4.69) is 28.6 Å². The van der Waals surface area contributed by atoms with Crippen LogP contribution in [0.2, 0.25) is 0 Å². The molecule has 0 aliphatic rings. The average molecular weight is 258 g/mol. The molecule has 18 heavy (non-hydrogen) atoms. The highest BCUT2D eigenvalue weighted by Gasteiger charge is 1.97. The summed E-state index contributed by atoms with van der Waals surface area (Å²) in [4.78, 5) is 12.3. The van der Waals surface area contributed by atoms with E-state index in [4.69, 9.17) is 0 Å². The topological polar surface area (TPSA) is 45.8 Å². The normalized spacial score (nSPS) is 11.0. The van der Waals surface area contributed by atoms with Gasteiger partial charge in [0, 0.05) is 11.0 Å². The lowest BCUT2D eigenvalue weighted by Crippen LogP contribution is -2.08. The number of nitrogens with zero attached hydrogens (tertiary/aromatic N) is 1. The predicted molar refractivity (Wildman–Crippen MR) is 76.7 cm³/mol. The highest BCUT2D eigenvalue weighted by atomic mass is 32.2. The van der Waals surface area contributed by atoms with E-state index in [-0.39, 0.29) is 5.56 Å². The molecule has 0 fully saturated rings. The molecule has 0 aliphatic carbocycles. The largest absolute Gasteiger partial charge is 0.268 e. The van der Waals surface area contributed by atoms with Crippen molar-refractivity contribution in [3.05, 3.63) is 57.5 Å². The van der Waals surface area contributed by atoms with Crippen LogP contribution < -0.4 is 5.56 Å². The number of thioether (sulfide) groups is 1. The number of hydrogen-bond donors (Lipinski definition) is 1. The molecule has 0 saturated heterocycles. The summed E-state index contributed by atoms with van der Waals surface area (Å²) in [6, 6.07) is 9.80. The summed E-state index contributed by atoms with van der Waals surface area (Å²) >= 11 is 1.71. The Morgan fingerprint density at radius 2 is 2.11 bits per heavy atom. The number of benzene rings is 1. The van der Waals surface area contributed by atoms with Crippen molar-refractivity contribution in [3.63, 3.8) is 0 Å². The zero-order valence-electron chi connectivity index (χ0n) is 10.3. The summed E-state index contributed by atoms with van der Waals surface area (Å²) in [7, 11) is 0. The van der Waals surface area contributed by atoms with Crippen LogP contribution >= 0.6 is 11.8 Å². The van der Waals surface area contributed by atoms with Crippen LogP contribution in [0.4, 0.5) is 0 Å². The molecule has 0 unspecified atom stereocenters. The maximum Gasteiger partial charge on any atom is 0.264 e. The van der Waals surface area contributed by atoms with Gasteiger partial charge in [-0.2, -0.15) is 5.10 Å². The van der Waals surface area contributed by atoms with Crippen LogP contribution in [0.1, 0.15) is 16.8 Å². The lowest BCUT2D eigenvalue weighted by molar-refractivity contribution is 0.961. The van der Waals surface area contributed by atoms with Gasteiger partial charge in [0.2, 0.25) is 0 Å². The van der Waals surface area contributed by atoms with Gasteiger partial charge < -0.3 is 0 Å². The highest BCUT2D eigenvalue weighted by molar-refractivity contribution is 7.98. The molecule has 4 heteroatoms. The first-order valence-corrected chi connectivity index (χ1v) is 6.80. The number of hydrogen-bond acceptors (Lipinski definition) is 3. The molecule has 1 heterocycles. The fourth-order valence-electron chi connectivity index (χ4n) is 1.60. The molecular weight excluding hydrogens is 244 g/mol. The number of aryl methyl sites for hydroxylation is 1. The van der Waals surface area contributed by atoms with Crippen LogP contribution in [-0.4, -0.2) is 16.5 Å². The molecule has 0 atom stereocenters. The van der Waals surface area contributed by atoms with Crippen molar-refractivity contribution in [2.75, 3.05) is 6.26 Å². The Balaban J connectivity index is 2.26. The maximum atomic E-state index is 11.1. The smallest absolute Gasteiger partial charge is 0.264 e. The zero-order valence-corrected chi connectivity index (χ0v) is 11.1. The molecule has 0 amide bonds. The Bertz CT molecular complexity index is 632. The van der Waals surface area contributed by atoms with Crippen LogP contribution in [0.3, 0.4) is 0 Å². The second-order valence-electron chi connectivity index (χ2n) is 3.91. The quantitative estimate of drug-likeness (QED) is 0.861. The lowest BCUT2D eigenvalue weighted by atomic mass is 10.1. The zero-order chi connectivity index (χ0) is 13.0. The third-order valence-electron chi connectivity index (χ3n) is 2.57. The number of aromatic nitrogens is 2. The SMILES string of the molecule is CSc1cccc(/C=C/c2n[nH]c(=O)cc2C)c1. The van der Waals surface area contributed by atoms with Crippen LogP contribution in [0, 0.1) is 6.92 Å². The molecule has 0 saturated carbocycles. The molecule has 3 nitrogen and oxygen atoms in total. The summed E-state index contributed by atoms with van der Waals surface area (Å²) in [5, 5.41) is 6.44. The van der Waals surface area contributed by atoms with Crippen molar-refractivity contribution >= 4 is 23.9 Å². The number of rotatable bonds is 3. The van der Waals surface area contributed by atoms with Crippen molar-refractivity contribution in [1.29, 1.82) is 0 Å². The van der Waals surface area contributed by atoms with Crippen LogP contribution in [0.5, 0.6) is 0 Å². The van der Waals surface area contributed by atoms with E-state index in [0.717, 1.165) is 16.8 Å². The van der Waals surface area contributed by atoms with Gasteiger partial charge in [0.1, 0.15) is 0 Å². The molecule has 1 aromatic carbocycles. The summed E-state index contributed by atoms with van der Waals surface area (Å²) in [5.41, 5.74) is 2.60. The molecule has 0 bridgehead atoms. The third kappa shape index (κ3) is 3.11. The third-order valence-corrected chi connectivity index (χ3v) is 3.29. The minimum Gasteiger partial charge on any atom is -0.268 e. The molecule has 0 radical (unpaired) electrons. The van der Waals surface area contributed by atoms with Gasteiger partial charge in [-0.25, -0.2) is 5.10 Å². The minimum atomic E-state index is -0.172. The van der Waals surface area contributed by atoms with Crippen LogP contribution in [0.15, 0.2) is 40.0 Å². The van der Waals surface area contributed by atoms with Gasteiger partial charge in [-0.1, -0.05) is 18.2 Å². The van der Waals surface area contributed by atoms with Gasteiger partial charge in [0.25, 0.3) is 5.56 Å². The van der Waals surface area contributed by atoms with Crippen molar-refractivity contribution < 1.29 is 0 Å². The summed E-state index contributed by atoms with van der Waals surface area (Å²) in [6.45, 7) is 1.88. The van der Waals surface area contributed by atoms with Crippen molar-refractivity contribution in [3.8, 4) is 0 Å². The van der Waals surface area contributed by atoms with Crippen LogP contribution in [0.25, 0.3) is 12.2 Å². The van der Waals surface area contributed by atoms with E-state index in [1.807, 2.05) is 31.2 Å². The molecule has 0 aliphatic heterocycles. The Labute approximate surface area is 110 Å². The minimum absolute atomic E-state index is 0.172. The monoisotopic (exact) mass is 258 g/mol. The Morgan fingerprint density at radius 3 is 2.83 bits per heavy atom. The van der Waals surface area contributed by atoms with Gasteiger partial charge in [0.15, 0.2) is 0 Å². The van der Waals surface area contributed by atoms with Crippen molar-refractivity contribution in [1.82, 2.24) is 10.2 Å². The fourth-order valence-corrected chi connectivity index (χ4v) is 2.06. The molecule has 1 N–H and O–H groups in total. The maximum absolute atomic E-state index is 11.1. The van der Waals surface area contributed by atoms with Crippen molar-refractivity contribution in [2.45, 2.75) is 11.8 Å². The second kappa shape index (κ2) is 5.69. The Hall–Kier alpha value is -1.81. The van der Waals surface area contributed by atoms with E-state index in [0.29, 0.717) is 0 Å². The standard InChI is InChI=1S/C14H14N2OS/c1-10-8-14(17)16-15-13(10)7-6-11-4-3-5-12(9-11)18-2/h3-9H,1-2H3,(H,16,17)/b7-6+. The van der Waals surface area contributed by atoms with E-state index >= 15 is 0 Å².